The SMILES string of the molecule is CC(N)C(Oc1ccc(Br)cc1)c1cccc(Br)c1. The van der Waals surface area contributed by atoms with Crippen LogP contribution in [-0.2, 0) is 0 Å². The topological polar surface area (TPSA) is 35.2 Å². The van der Waals surface area contributed by atoms with E-state index in [9.17, 15) is 0 Å². The minimum atomic E-state index is -0.168. The molecule has 0 fully saturated rings. The van der Waals surface area contributed by atoms with Gasteiger partial charge in [0.25, 0.3) is 0 Å². The van der Waals surface area contributed by atoms with E-state index in [1.54, 1.807) is 0 Å². The van der Waals surface area contributed by atoms with Crippen LogP contribution < -0.4 is 10.5 Å². The van der Waals surface area contributed by atoms with Crippen molar-refractivity contribution in [2.24, 2.45) is 5.73 Å². The van der Waals surface area contributed by atoms with Gasteiger partial charge in [-0.1, -0.05) is 44.0 Å². The zero-order valence-corrected chi connectivity index (χ0v) is 13.7. The molecule has 2 aromatic rings. The minimum absolute atomic E-state index is 0.0991. The van der Waals surface area contributed by atoms with Crippen molar-refractivity contribution >= 4 is 31.9 Å². The van der Waals surface area contributed by atoms with Crippen molar-refractivity contribution in [3.8, 4) is 5.75 Å². The summed E-state index contributed by atoms with van der Waals surface area (Å²) in [6, 6.07) is 15.7. The van der Waals surface area contributed by atoms with Gasteiger partial charge in [-0.15, -0.1) is 0 Å². The Morgan fingerprint density at radius 3 is 2.26 bits per heavy atom. The molecule has 2 nitrogen and oxygen atoms in total. The van der Waals surface area contributed by atoms with Crippen molar-refractivity contribution in [1.29, 1.82) is 0 Å². The maximum absolute atomic E-state index is 6.05. The van der Waals surface area contributed by atoms with Gasteiger partial charge in [0.2, 0.25) is 0 Å². The lowest BCUT2D eigenvalue weighted by atomic mass is 10.0. The molecule has 2 rings (SSSR count). The average Bonchev–Trinajstić information content (AvgIpc) is 2.37. The van der Waals surface area contributed by atoms with Crippen LogP contribution in [0.1, 0.15) is 18.6 Å². The Labute approximate surface area is 130 Å². The van der Waals surface area contributed by atoms with E-state index in [-0.39, 0.29) is 12.1 Å². The first kappa shape index (κ1) is 14.6. The number of hydrogen-bond acceptors (Lipinski definition) is 2. The number of hydrogen-bond donors (Lipinski definition) is 1. The molecule has 0 saturated heterocycles. The van der Waals surface area contributed by atoms with Crippen LogP contribution in [0.2, 0.25) is 0 Å². The Bertz CT molecular complexity index is 540. The van der Waals surface area contributed by atoms with Gasteiger partial charge in [-0.25, -0.2) is 0 Å². The monoisotopic (exact) mass is 383 g/mol. The molecule has 0 bridgehead atoms. The van der Waals surface area contributed by atoms with Gasteiger partial charge in [-0.2, -0.15) is 0 Å². The highest BCUT2D eigenvalue weighted by Gasteiger charge is 2.18. The van der Waals surface area contributed by atoms with Gasteiger partial charge in [0, 0.05) is 15.0 Å². The molecule has 2 N–H and O–H groups in total. The van der Waals surface area contributed by atoms with Gasteiger partial charge in [0.1, 0.15) is 11.9 Å². The lowest BCUT2D eigenvalue weighted by Gasteiger charge is -2.23. The Morgan fingerprint density at radius 1 is 1.00 bits per heavy atom. The zero-order valence-electron chi connectivity index (χ0n) is 10.5. The summed E-state index contributed by atoms with van der Waals surface area (Å²) in [4.78, 5) is 0. The first-order valence-corrected chi connectivity index (χ1v) is 7.58. The summed E-state index contributed by atoms with van der Waals surface area (Å²) in [7, 11) is 0. The van der Waals surface area contributed by atoms with E-state index in [4.69, 9.17) is 10.5 Å². The molecule has 2 aromatic carbocycles. The Hall–Kier alpha value is -0.840. The van der Waals surface area contributed by atoms with Crippen LogP contribution in [0.4, 0.5) is 0 Å². The molecule has 0 aliphatic carbocycles. The van der Waals surface area contributed by atoms with Crippen LogP contribution in [-0.4, -0.2) is 6.04 Å². The first-order valence-electron chi connectivity index (χ1n) is 5.99. The summed E-state index contributed by atoms with van der Waals surface area (Å²) in [6.45, 7) is 1.95. The molecule has 2 unspecified atom stereocenters. The number of halogens is 2. The molecule has 0 aliphatic heterocycles. The second-order valence-corrected chi connectivity index (χ2v) is 6.24. The van der Waals surface area contributed by atoms with Gasteiger partial charge in [-0.3, -0.25) is 0 Å². The number of rotatable bonds is 4. The first-order chi connectivity index (χ1) is 9.06. The lowest BCUT2D eigenvalue weighted by Crippen LogP contribution is -2.29. The fourth-order valence-corrected chi connectivity index (χ4v) is 2.50. The molecule has 0 aromatic heterocycles. The Kier molecular flexibility index (Phi) is 5.02. The van der Waals surface area contributed by atoms with E-state index < -0.39 is 0 Å². The third-order valence-corrected chi connectivity index (χ3v) is 3.75. The van der Waals surface area contributed by atoms with Crippen molar-refractivity contribution in [3.63, 3.8) is 0 Å². The molecule has 0 saturated carbocycles. The van der Waals surface area contributed by atoms with E-state index in [1.165, 1.54) is 0 Å². The fraction of sp³-hybridized carbons (Fsp3) is 0.200. The fourth-order valence-electron chi connectivity index (χ4n) is 1.82. The Morgan fingerprint density at radius 2 is 1.68 bits per heavy atom. The minimum Gasteiger partial charge on any atom is -0.484 e. The van der Waals surface area contributed by atoms with E-state index in [2.05, 4.69) is 31.9 Å². The van der Waals surface area contributed by atoms with Gasteiger partial charge in [0.15, 0.2) is 0 Å². The van der Waals surface area contributed by atoms with Crippen molar-refractivity contribution < 1.29 is 4.74 Å². The van der Waals surface area contributed by atoms with E-state index >= 15 is 0 Å². The summed E-state index contributed by atoms with van der Waals surface area (Å²) in [6.07, 6.45) is -0.168. The van der Waals surface area contributed by atoms with E-state index in [1.807, 2.05) is 55.5 Å². The van der Waals surface area contributed by atoms with Crippen LogP contribution >= 0.6 is 31.9 Å². The van der Waals surface area contributed by atoms with Crippen LogP contribution in [0.3, 0.4) is 0 Å². The third-order valence-electron chi connectivity index (χ3n) is 2.73. The van der Waals surface area contributed by atoms with Crippen molar-refractivity contribution in [2.75, 3.05) is 0 Å². The van der Waals surface area contributed by atoms with Gasteiger partial charge < -0.3 is 10.5 Å². The highest BCUT2D eigenvalue weighted by atomic mass is 79.9. The van der Waals surface area contributed by atoms with Crippen LogP contribution in [0.25, 0.3) is 0 Å². The highest BCUT2D eigenvalue weighted by Crippen LogP contribution is 2.27. The summed E-state index contributed by atoms with van der Waals surface area (Å²) in [5.41, 5.74) is 7.11. The van der Waals surface area contributed by atoms with Gasteiger partial charge >= 0.3 is 0 Å². The third kappa shape index (κ3) is 4.06. The van der Waals surface area contributed by atoms with Crippen LogP contribution in [0, 0.1) is 0 Å². The smallest absolute Gasteiger partial charge is 0.138 e. The summed E-state index contributed by atoms with van der Waals surface area (Å²) >= 11 is 6.88. The van der Waals surface area contributed by atoms with E-state index in [0.29, 0.717) is 0 Å². The summed E-state index contributed by atoms with van der Waals surface area (Å²) in [5, 5.41) is 0. The lowest BCUT2D eigenvalue weighted by molar-refractivity contribution is 0.180. The molecular formula is C15H15Br2NO. The number of ether oxygens (including phenoxy) is 1. The summed E-state index contributed by atoms with van der Waals surface area (Å²) in [5.74, 6) is 0.811. The molecule has 4 heteroatoms. The molecule has 2 atom stereocenters. The van der Waals surface area contributed by atoms with Crippen molar-refractivity contribution in [3.05, 3.63) is 63.0 Å². The molecule has 100 valence electrons. The predicted molar refractivity (Wildman–Crippen MR) is 85.3 cm³/mol. The maximum atomic E-state index is 6.05. The molecule has 0 radical (unpaired) electrons. The molecule has 0 heterocycles. The maximum Gasteiger partial charge on any atom is 0.138 e. The number of nitrogens with two attached hydrogens (primary N) is 1. The standard InChI is InChI=1S/C15H15Br2NO/c1-10(18)15(11-3-2-4-13(17)9-11)19-14-7-5-12(16)6-8-14/h2-10,15H,18H2,1H3. The van der Waals surface area contributed by atoms with Crippen molar-refractivity contribution in [2.45, 2.75) is 19.1 Å². The summed E-state index contributed by atoms with van der Waals surface area (Å²) < 4.78 is 8.06. The van der Waals surface area contributed by atoms with Gasteiger partial charge in [0.05, 0.1) is 0 Å². The number of benzene rings is 2. The predicted octanol–water partition coefficient (Wildman–Crippen LogP) is 4.68. The van der Waals surface area contributed by atoms with Crippen LogP contribution in [0.15, 0.2) is 57.5 Å². The molecular weight excluding hydrogens is 370 g/mol. The van der Waals surface area contributed by atoms with Crippen molar-refractivity contribution in [1.82, 2.24) is 0 Å². The largest absolute Gasteiger partial charge is 0.484 e. The highest BCUT2D eigenvalue weighted by molar-refractivity contribution is 9.10. The zero-order chi connectivity index (χ0) is 13.8. The second-order valence-electron chi connectivity index (χ2n) is 4.41. The van der Waals surface area contributed by atoms with E-state index in [0.717, 1.165) is 20.3 Å². The normalized spacial score (nSPS) is 13.9. The average molecular weight is 385 g/mol. The Balaban J connectivity index is 2.23. The quantitative estimate of drug-likeness (QED) is 0.830. The second kappa shape index (κ2) is 6.55. The molecule has 0 spiro atoms. The molecule has 19 heavy (non-hydrogen) atoms. The molecule has 0 aliphatic rings. The van der Waals surface area contributed by atoms with Gasteiger partial charge in [-0.05, 0) is 48.9 Å². The van der Waals surface area contributed by atoms with Crippen LogP contribution in [0.5, 0.6) is 5.75 Å². The molecule has 0 amide bonds.